The average molecular weight is 199 g/mol. The zero-order chi connectivity index (χ0) is 10.6. The molecular weight excluding hydrogens is 182 g/mol. The summed E-state index contributed by atoms with van der Waals surface area (Å²) in [5, 5.41) is 3.18. The normalized spacial score (nSPS) is 17.4. The third kappa shape index (κ3) is 2.70. The van der Waals surface area contributed by atoms with Gasteiger partial charge in [0.2, 0.25) is 0 Å². The van der Waals surface area contributed by atoms with Gasteiger partial charge in [-0.25, -0.2) is 0 Å². The van der Waals surface area contributed by atoms with Crippen LogP contribution in [0.2, 0.25) is 0 Å². The Kier molecular flexibility index (Phi) is 3.88. The zero-order valence-corrected chi connectivity index (χ0v) is 8.75. The van der Waals surface area contributed by atoms with Crippen LogP contribution in [0, 0.1) is 0 Å². The zero-order valence-electron chi connectivity index (χ0n) is 8.75. The standard InChI is InChI=1S/C9H17N3O2/c1-11(2)8(13)9(14)12-6-3-4-10-5-7-12/h10H,3-7H2,1-2H3. The lowest BCUT2D eigenvalue weighted by Crippen LogP contribution is -2.43. The summed E-state index contributed by atoms with van der Waals surface area (Å²) in [7, 11) is 3.19. The molecule has 1 aliphatic heterocycles. The highest BCUT2D eigenvalue weighted by atomic mass is 16.2. The summed E-state index contributed by atoms with van der Waals surface area (Å²) in [5.74, 6) is -0.828. The predicted octanol–water partition coefficient (Wildman–Crippen LogP) is -1.10. The molecule has 0 unspecified atom stereocenters. The molecule has 0 aromatic heterocycles. The van der Waals surface area contributed by atoms with Crippen molar-refractivity contribution in [2.45, 2.75) is 6.42 Å². The number of carbonyl (C=O) groups excluding carboxylic acids is 2. The summed E-state index contributed by atoms with van der Waals surface area (Å²) < 4.78 is 0. The molecule has 0 aliphatic carbocycles. The second-order valence-electron chi connectivity index (χ2n) is 3.60. The molecule has 1 rings (SSSR count). The largest absolute Gasteiger partial charge is 0.341 e. The first-order valence-corrected chi connectivity index (χ1v) is 4.84. The lowest BCUT2D eigenvalue weighted by Gasteiger charge is -2.20. The first kappa shape index (κ1) is 11.0. The van der Waals surface area contributed by atoms with Crippen LogP contribution in [0.3, 0.4) is 0 Å². The minimum atomic E-state index is -0.438. The van der Waals surface area contributed by atoms with Gasteiger partial charge in [0.05, 0.1) is 0 Å². The minimum Gasteiger partial charge on any atom is -0.341 e. The van der Waals surface area contributed by atoms with Gasteiger partial charge in [0, 0.05) is 33.7 Å². The van der Waals surface area contributed by atoms with Crippen molar-refractivity contribution in [3.63, 3.8) is 0 Å². The summed E-state index contributed by atoms with van der Waals surface area (Å²) in [6, 6.07) is 0. The van der Waals surface area contributed by atoms with Gasteiger partial charge in [0.1, 0.15) is 0 Å². The van der Waals surface area contributed by atoms with Crippen molar-refractivity contribution in [3.05, 3.63) is 0 Å². The SMILES string of the molecule is CN(C)C(=O)C(=O)N1CCCNCC1. The fraction of sp³-hybridized carbons (Fsp3) is 0.778. The molecule has 5 heteroatoms. The van der Waals surface area contributed by atoms with E-state index in [0.717, 1.165) is 19.5 Å². The summed E-state index contributed by atoms with van der Waals surface area (Å²) >= 11 is 0. The fourth-order valence-electron chi connectivity index (χ4n) is 1.38. The quantitative estimate of drug-likeness (QED) is 0.504. The van der Waals surface area contributed by atoms with Gasteiger partial charge in [0.15, 0.2) is 0 Å². The van der Waals surface area contributed by atoms with Gasteiger partial charge in [0.25, 0.3) is 0 Å². The van der Waals surface area contributed by atoms with Gasteiger partial charge in [-0.15, -0.1) is 0 Å². The average Bonchev–Trinajstić information content (AvgIpc) is 2.43. The van der Waals surface area contributed by atoms with Crippen LogP contribution in [-0.4, -0.2) is 61.9 Å². The molecule has 1 N–H and O–H groups in total. The van der Waals surface area contributed by atoms with Crippen molar-refractivity contribution in [2.75, 3.05) is 40.3 Å². The van der Waals surface area contributed by atoms with Crippen molar-refractivity contribution in [1.29, 1.82) is 0 Å². The van der Waals surface area contributed by atoms with Gasteiger partial charge in [-0.2, -0.15) is 0 Å². The van der Waals surface area contributed by atoms with E-state index in [-0.39, 0.29) is 0 Å². The van der Waals surface area contributed by atoms with E-state index in [4.69, 9.17) is 0 Å². The van der Waals surface area contributed by atoms with Crippen LogP contribution in [0.25, 0.3) is 0 Å². The third-order valence-electron chi connectivity index (χ3n) is 2.22. The maximum absolute atomic E-state index is 11.6. The fourth-order valence-corrected chi connectivity index (χ4v) is 1.38. The summed E-state index contributed by atoms with van der Waals surface area (Å²) in [6.45, 7) is 2.98. The molecular formula is C9H17N3O2. The molecule has 0 radical (unpaired) electrons. The van der Waals surface area contributed by atoms with Crippen molar-refractivity contribution < 1.29 is 9.59 Å². The molecule has 14 heavy (non-hydrogen) atoms. The number of nitrogens with zero attached hydrogens (tertiary/aromatic N) is 2. The number of hydrogen-bond acceptors (Lipinski definition) is 3. The Morgan fingerprint density at radius 1 is 1.21 bits per heavy atom. The Hall–Kier alpha value is -1.10. The van der Waals surface area contributed by atoms with Crippen molar-refractivity contribution >= 4 is 11.8 Å². The maximum atomic E-state index is 11.6. The number of carbonyl (C=O) groups is 2. The molecule has 0 saturated carbocycles. The predicted molar refractivity (Wildman–Crippen MR) is 52.8 cm³/mol. The molecule has 0 spiro atoms. The van der Waals surface area contributed by atoms with E-state index >= 15 is 0 Å². The minimum absolute atomic E-state index is 0.390. The lowest BCUT2D eigenvalue weighted by molar-refractivity contribution is -0.150. The Bertz CT molecular complexity index is 220. The van der Waals surface area contributed by atoms with Gasteiger partial charge >= 0.3 is 11.8 Å². The highest BCUT2D eigenvalue weighted by molar-refractivity contribution is 6.34. The van der Waals surface area contributed by atoms with Gasteiger partial charge in [-0.3, -0.25) is 9.59 Å². The Morgan fingerprint density at radius 2 is 1.93 bits per heavy atom. The first-order chi connectivity index (χ1) is 6.63. The van der Waals surface area contributed by atoms with E-state index < -0.39 is 11.8 Å². The monoisotopic (exact) mass is 199 g/mol. The summed E-state index contributed by atoms with van der Waals surface area (Å²) in [5.41, 5.74) is 0. The molecule has 80 valence electrons. The van der Waals surface area contributed by atoms with E-state index in [1.807, 2.05) is 0 Å². The van der Waals surface area contributed by atoms with Crippen LogP contribution in [0.4, 0.5) is 0 Å². The number of likely N-dealkylation sites (N-methyl/N-ethyl adjacent to an activating group) is 1. The molecule has 0 aromatic rings. The first-order valence-electron chi connectivity index (χ1n) is 4.84. The second kappa shape index (κ2) is 4.95. The van der Waals surface area contributed by atoms with E-state index in [0.29, 0.717) is 13.1 Å². The van der Waals surface area contributed by atoms with Crippen LogP contribution < -0.4 is 5.32 Å². The van der Waals surface area contributed by atoms with Gasteiger partial charge in [-0.05, 0) is 13.0 Å². The number of hydrogen-bond donors (Lipinski definition) is 1. The summed E-state index contributed by atoms with van der Waals surface area (Å²) in [4.78, 5) is 25.9. The van der Waals surface area contributed by atoms with E-state index in [1.165, 1.54) is 4.90 Å². The van der Waals surface area contributed by atoms with Crippen molar-refractivity contribution in [1.82, 2.24) is 15.1 Å². The smallest absolute Gasteiger partial charge is 0.312 e. The topological polar surface area (TPSA) is 52.7 Å². The molecule has 0 bridgehead atoms. The van der Waals surface area contributed by atoms with Crippen LogP contribution in [0.5, 0.6) is 0 Å². The maximum Gasteiger partial charge on any atom is 0.312 e. The molecule has 1 heterocycles. The summed E-state index contributed by atoms with van der Waals surface area (Å²) in [6.07, 6.45) is 0.909. The van der Waals surface area contributed by atoms with Gasteiger partial charge in [-0.1, -0.05) is 0 Å². The van der Waals surface area contributed by atoms with Crippen LogP contribution >= 0.6 is 0 Å². The molecule has 1 fully saturated rings. The molecule has 1 aliphatic rings. The van der Waals surface area contributed by atoms with Crippen LogP contribution in [-0.2, 0) is 9.59 Å². The van der Waals surface area contributed by atoms with E-state index in [2.05, 4.69) is 5.32 Å². The molecule has 5 nitrogen and oxygen atoms in total. The van der Waals surface area contributed by atoms with E-state index in [1.54, 1.807) is 19.0 Å². The van der Waals surface area contributed by atoms with Crippen molar-refractivity contribution in [2.24, 2.45) is 0 Å². The Morgan fingerprint density at radius 3 is 2.57 bits per heavy atom. The van der Waals surface area contributed by atoms with Crippen molar-refractivity contribution in [3.8, 4) is 0 Å². The molecule has 1 saturated heterocycles. The number of rotatable bonds is 0. The van der Waals surface area contributed by atoms with Gasteiger partial charge < -0.3 is 15.1 Å². The molecule has 2 amide bonds. The van der Waals surface area contributed by atoms with Crippen LogP contribution in [0.1, 0.15) is 6.42 Å². The number of nitrogens with one attached hydrogen (secondary N) is 1. The Labute approximate surface area is 84.0 Å². The number of amides is 2. The second-order valence-corrected chi connectivity index (χ2v) is 3.60. The Balaban J connectivity index is 2.53. The molecule has 0 aromatic carbocycles. The van der Waals surface area contributed by atoms with Crippen LogP contribution in [0.15, 0.2) is 0 Å². The van der Waals surface area contributed by atoms with E-state index in [9.17, 15) is 9.59 Å². The lowest BCUT2D eigenvalue weighted by atomic mass is 10.3. The third-order valence-corrected chi connectivity index (χ3v) is 2.22. The highest BCUT2D eigenvalue weighted by Crippen LogP contribution is 1.97. The highest BCUT2D eigenvalue weighted by Gasteiger charge is 2.23. The molecule has 0 atom stereocenters.